The van der Waals surface area contributed by atoms with E-state index in [1.165, 1.54) is 12.1 Å². The quantitative estimate of drug-likeness (QED) is 0.681. The molecule has 9 nitrogen and oxygen atoms in total. The van der Waals surface area contributed by atoms with Crippen molar-refractivity contribution in [1.29, 1.82) is 0 Å². The van der Waals surface area contributed by atoms with Gasteiger partial charge in [0.25, 0.3) is 11.8 Å². The average Bonchev–Trinajstić information content (AvgIpc) is 2.85. The van der Waals surface area contributed by atoms with E-state index in [2.05, 4.69) is 16.0 Å². The maximum Gasteiger partial charge on any atom is 0.319 e. The second-order valence-corrected chi connectivity index (χ2v) is 6.06. The Morgan fingerprint density at radius 1 is 1.23 bits per heavy atom. The van der Waals surface area contributed by atoms with Gasteiger partial charge in [-0.3, -0.25) is 29.4 Å². The molecule has 26 heavy (non-hydrogen) atoms. The van der Waals surface area contributed by atoms with Gasteiger partial charge in [0, 0.05) is 13.0 Å². The van der Waals surface area contributed by atoms with Crippen LogP contribution in [0.4, 0.5) is 10.5 Å². The molecule has 1 fully saturated rings. The zero-order valence-electron chi connectivity index (χ0n) is 14.1. The van der Waals surface area contributed by atoms with Gasteiger partial charge in [0.1, 0.15) is 6.04 Å². The molecule has 0 spiro atoms. The third-order valence-electron chi connectivity index (χ3n) is 4.25. The number of urea groups is 1. The number of fused-ring (bicyclic) bond motifs is 1. The topological polar surface area (TPSA) is 125 Å². The van der Waals surface area contributed by atoms with Gasteiger partial charge in [0.05, 0.1) is 16.8 Å². The van der Waals surface area contributed by atoms with Crippen LogP contribution in [0.3, 0.4) is 0 Å². The van der Waals surface area contributed by atoms with E-state index >= 15 is 0 Å². The number of carbonyl (C=O) groups excluding carboxylic acids is 5. The van der Waals surface area contributed by atoms with Crippen LogP contribution < -0.4 is 16.0 Å². The number of amides is 6. The van der Waals surface area contributed by atoms with Crippen molar-refractivity contribution in [3.05, 3.63) is 29.3 Å². The van der Waals surface area contributed by atoms with Crippen LogP contribution in [0.1, 0.15) is 46.9 Å². The van der Waals surface area contributed by atoms with Gasteiger partial charge in [-0.2, -0.15) is 0 Å². The number of imide groups is 2. The fourth-order valence-electron chi connectivity index (χ4n) is 3.02. The Labute approximate surface area is 149 Å². The predicted molar refractivity (Wildman–Crippen MR) is 90.4 cm³/mol. The number of hydrogen-bond donors (Lipinski definition) is 3. The van der Waals surface area contributed by atoms with Gasteiger partial charge in [-0.1, -0.05) is 13.0 Å². The highest BCUT2D eigenvalue weighted by atomic mass is 16.2. The van der Waals surface area contributed by atoms with Crippen molar-refractivity contribution in [3.63, 3.8) is 0 Å². The largest absolute Gasteiger partial charge is 0.338 e. The first kappa shape index (κ1) is 17.6. The van der Waals surface area contributed by atoms with Gasteiger partial charge < -0.3 is 10.6 Å². The summed E-state index contributed by atoms with van der Waals surface area (Å²) in [6.07, 6.45) is 0.880. The highest BCUT2D eigenvalue weighted by Crippen LogP contribution is 2.32. The van der Waals surface area contributed by atoms with Crippen LogP contribution in [-0.2, 0) is 9.59 Å². The van der Waals surface area contributed by atoms with Crippen LogP contribution in [0, 0.1) is 0 Å². The van der Waals surface area contributed by atoms with Crippen molar-refractivity contribution in [2.24, 2.45) is 0 Å². The molecule has 6 amide bonds. The van der Waals surface area contributed by atoms with E-state index in [-0.39, 0.29) is 29.7 Å². The first-order valence-corrected chi connectivity index (χ1v) is 8.33. The molecule has 3 rings (SSSR count). The summed E-state index contributed by atoms with van der Waals surface area (Å²) in [6, 6.07) is 3.01. The summed E-state index contributed by atoms with van der Waals surface area (Å²) in [5.74, 6) is -2.38. The third-order valence-corrected chi connectivity index (χ3v) is 4.25. The zero-order chi connectivity index (χ0) is 18.8. The first-order valence-electron chi connectivity index (χ1n) is 8.33. The number of rotatable bonds is 4. The van der Waals surface area contributed by atoms with Crippen molar-refractivity contribution in [2.75, 3.05) is 11.9 Å². The standard InChI is InChI=1S/C17H18N4O5/c1-2-8-18-17(26)19-10-5-3-4-9-13(10)16(25)21(15(9)24)11-6-7-12(22)20-14(11)23/h3-5,11H,2,6-8H2,1H3,(H2,18,19,26)(H,20,22,23). The highest BCUT2D eigenvalue weighted by Gasteiger charge is 2.45. The Balaban J connectivity index is 1.88. The van der Waals surface area contributed by atoms with Gasteiger partial charge in [-0.05, 0) is 25.0 Å². The molecular formula is C17H18N4O5. The van der Waals surface area contributed by atoms with Crippen LogP contribution in [0.2, 0.25) is 0 Å². The maximum atomic E-state index is 12.8. The van der Waals surface area contributed by atoms with Gasteiger partial charge in [0.2, 0.25) is 11.8 Å². The molecule has 1 aromatic rings. The summed E-state index contributed by atoms with van der Waals surface area (Å²) < 4.78 is 0. The molecule has 0 saturated carbocycles. The Morgan fingerprint density at radius 2 is 2.00 bits per heavy atom. The number of benzene rings is 1. The number of nitrogens with zero attached hydrogens (tertiary/aromatic N) is 1. The molecule has 1 aromatic carbocycles. The lowest BCUT2D eigenvalue weighted by molar-refractivity contribution is -0.136. The van der Waals surface area contributed by atoms with Crippen molar-refractivity contribution in [3.8, 4) is 0 Å². The number of hydrogen-bond acceptors (Lipinski definition) is 5. The predicted octanol–water partition coefficient (Wildman–Crippen LogP) is 0.619. The lowest BCUT2D eigenvalue weighted by atomic mass is 10.0. The summed E-state index contributed by atoms with van der Waals surface area (Å²) in [7, 11) is 0. The van der Waals surface area contributed by atoms with E-state index in [0.29, 0.717) is 6.54 Å². The van der Waals surface area contributed by atoms with E-state index in [1.807, 2.05) is 6.92 Å². The normalized spacial score (nSPS) is 19.3. The van der Waals surface area contributed by atoms with E-state index in [9.17, 15) is 24.0 Å². The molecule has 0 bridgehead atoms. The summed E-state index contributed by atoms with van der Waals surface area (Å²) in [5, 5.41) is 7.33. The second kappa shape index (κ2) is 6.95. The van der Waals surface area contributed by atoms with Crippen molar-refractivity contribution < 1.29 is 24.0 Å². The molecule has 1 unspecified atom stereocenters. The summed E-state index contributed by atoms with van der Waals surface area (Å²) in [4.78, 5) is 61.6. The lowest BCUT2D eigenvalue weighted by Gasteiger charge is -2.27. The lowest BCUT2D eigenvalue weighted by Crippen LogP contribution is -2.54. The third kappa shape index (κ3) is 3.03. The van der Waals surface area contributed by atoms with Gasteiger partial charge in [-0.15, -0.1) is 0 Å². The Hall–Kier alpha value is -3.23. The van der Waals surface area contributed by atoms with Gasteiger partial charge in [-0.25, -0.2) is 4.79 Å². The Morgan fingerprint density at radius 3 is 2.69 bits per heavy atom. The average molecular weight is 358 g/mol. The molecule has 1 atom stereocenters. The monoisotopic (exact) mass is 358 g/mol. The minimum absolute atomic E-state index is 0.0499. The van der Waals surface area contributed by atoms with Crippen molar-refractivity contribution in [1.82, 2.24) is 15.5 Å². The summed E-state index contributed by atoms with van der Waals surface area (Å²) >= 11 is 0. The molecule has 2 heterocycles. The first-order chi connectivity index (χ1) is 12.4. The molecule has 9 heteroatoms. The zero-order valence-corrected chi connectivity index (χ0v) is 14.1. The van der Waals surface area contributed by atoms with E-state index < -0.39 is 35.7 Å². The van der Waals surface area contributed by atoms with E-state index in [1.54, 1.807) is 6.07 Å². The van der Waals surface area contributed by atoms with Crippen LogP contribution in [0.25, 0.3) is 0 Å². The van der Waals surface area contributed by atoms with Gasteiger partial charge >= 0.3 is 6.03 Å². The van der Waals surface area contributed by atoms with E-state index in [0.717, 1.165) is 11.3 Å². The molecule has 136 valence electrons. The minimum Gasteiger partial charge on any atom is -0.338 e. The summed E-state index contributed by atoms with van der Waals surface area (Å²) in [6.45, 7) is 2.37. The van der Waals surface area contributed by atoms with Crippen molar-refractivity contribution >= 4 is 35.3 Å². The SMILES string of the molecule is CCCNC(=O)Nc1cccc2c1C(=O)N(C1CCC(=O)NC1=O)C2=O. The van der Waals surface area contributed by atoms with Crippen molar-refractivity contribution in [2.45, 2.75) is 32.2 Å². The fraction of sp³-hybridized carbons (Fsp3) is 0.353. The van der Waals surface area contributed by atoms with Crippen LogP contribution in [-0.4, -0.2) is 47.1 Å². The Kier molecular flexibility index (Phi) is 4.70. The molecule has 0 aromatic heterocycles. The second-order valence-electron chi connectivity index (χ2n) is 6.06. The smallest absolute Gasteiger partial charge is 0.319 e. The summed E-state index contributed by atoms with van der Waals surface area (Å²) in [5.41, 5.74) is 0.367. The fourth-order valence-corrected chi connectivity index (χ4v) is 3.02. The molecule has 2 aliphatic rings. The van der Waals surface area contributed by atoms with Crippen LogP contribution in [0.15, 0.2) is 18.2 Å². The molecule has 0 aliphatic carbocycles. The molecule has 3 N–H and O–H groups in total. The molecule has 2 aliphatic heterocycles. The van der Waals surface area contributed by atoms with E-state index in [4.69, 9.17) is 0 Å². The number of nitrogens with one attached hydrogen (secondary N) is 3. The number of anilines is 1. The molecule has 1 saturated heterocycles. The number of carbonyl (C=O) groups is 5. The number of piperidine rings is 1. The minimum atomic E-state index is -1.04. The molecular weight excluding hydrogens is 340 g/mol. The molecule has 0 radical (unpaired) electrons. The van der Waals surface area contributed by atoms with Crippen LogP contribution in [0.5, 0.6) is 0 Å². The Bertz CT molecular complexity index is 819. The van der Waals surface area contributed by atoms with Crippen LogP contribution >= 0.6 is 0 Å². The van der Waals surface area contributed by atoms with Gasteiger partial charge in [0.15, 0.2) is 0 Å². The highest BCUT2D eigenvalue weighted by molar-refractivity contribution is 6.26. The maximum absolute atomic E-state index is 12.8.